The Morgan fingerprint density at radius 1 is 1.05 bits per heavy atom. The minimum atomic E-state index is -0.456. The third-order valence-electron chi connectivity index (χ3n) is 6.22. The highest BCUT2D eigenvalue weighted by molar-refractivity contribution is 5.90. The van der Waals surface area contributed by atoms with Crippen LogP contribution in [0.5, 0.6) is 17.2 Å². The molecule has 0 saturated carbocycles. The highest BCUT2D eigenvalue weighted by atomic mass is 19.1. The molecule has 37 heavy (non-hydrogen) atoms. The predicted molar refractivity (Wildman–Crippen MR) is 140 cm³/mol. The first kappa shape index (κ1) is 26.4. The highest BCUT2D eigenvalue weighted by Gasteiger charge is 2.24. The fourth-order valence-corrected chi connectivity index (χ4v) is 4.39. The topological polar surface area (TPSA) is 73.9 Å². The Hall–Kier alpha value is -3.71. The summed E-state index contributed by atoms with van der Waals surface area (Å²) in [6.07, 6.45) is 1.21. The minimum Gasteiger partial charge on any atom is -0.489 e. The average Bonchev–Trinajstić information content (AvgIpc) is 2.87. The normalized spacial score (nSPS) is 14.7. The number of ether oxygens (including phenoxy) is 3. The van der Waals surface area contributed by atoms with E-state index in [9.17, 15) is 9.59 Å². The van der Waals surface area contributed by atoms with Crippen molar-refractivity contribution in [2.24, 2.45) is 5.92 Å². The zero-order valence-electron chi connectivity index (χ0n) is 21.6. The number of halogens is 1. The number of rotatable bonds is 9. The quantitative estimate of drug-likeness (QED) is 0.346. The van der Waals surface area contributed by atoms with Gasteiger partial charge in [-0.15, -0.1) is 0 Å². The molecule has 1 heterocycles. The molecule has 0 spiro atoms. The minimum absolute atomic E-state index is 0.102. The number of esters is 1. The van der Waals surface area contributed by atoms with E-state index in [1.807, 2.05) is 12.1 Å². The fourth-order valence-electron chi connectivity index (χ4n) is 4.39. The number of hydrogen-bond donors (Lipinski definition) is 1. The summed E-state index contributed by atoms with van der Waals surface area (Å²) in [6.45, 7) is 7.01. The molecular weight excluding hydrogens is 473 g/mol. The van der Waals surface area contributed by atoms with Crippen molar-refractivity contribution in [2.45, 2.75) is 39.7 Å². The lowest BCUT2D eigenvalue weighted by Gasteiger charge is -2.28. The zero-order valence-corrected chi connectivity index (χ0v) is 21.6. The first-order valence-electron chi connectivity index (χ1n) is 12.4. The van der Waals surface area contributed by atoms with Crippen LogP contribution in [-0.2, 0) is 16.0 Å². The molecule has 3 aromatic rings. The zero-order chi connectivity index (χ0) is 26.5. The summed E-state index contributed by atoms with van der Waals surface area (Å²) in [6, 6.07) is 15.0. The number of nitrogens with one attached hydrogen (secondary N) is 1. The van der Waals surface area contributed by atoms with E-state index in [1.165, 1.54) is 13.2 Å². The van der Waals surface area contributed by atoms with Gasteiger partial charge in [0.15, 0.2) is 11.5 Å². The van der Waals surface area contributed by atoms with Gasteiger partial charge in [-0.3, -0.25) is 4.79 Å². The summed E-state index contributed by atoms with van der Waals surface area (Å²) >= 11 is 0. The van der Waals surface area contributed by atoms with E-state index in [1.54, 1.807) is 43.3 Å². The first-order valence-corrected chi connectivity index (χ1v) is 12.4. The van der Waals surface area contributed by atoms with Gasteiger partial charge in [-0.1, -0.05) is 26.0 Å². The van der Waals surface area contributed by atoms with Crippen LogP contribution in [0.15, 0.2) is 54.6 Å². The average molecular weight is 506 g/mol. The summed E-state index contributed by atoms with van der Waals surface area (Å²) in [5.41, 5.74) is 3.52. The SMILES string of the molecule is COC(=O)c1ccc(-c2ccc(Oc3cc4c(cc3OCC(C)C)CCNC4CC(C)=O)cc2F)cc1. The standard InChI is InChI=1S/C30H32FNO5/c1-18(2)17-36-28-14-22-11-12-32-27(13-19(3)33)25(22)16-29(28)37-23-9-10-24(26(31)15-23)20-5-7-21(8-6-20)30(34)35-4/h5-10,14-16,18,27,32H,11-13,17H2,1-4H3. The van der Waals surface area contributed by atoms with Crippen LogP contribution in [0.3, 0.4) is 0 Å². The molecule has 4 rings (SSSR count). The van der Waals surface area contributed by atoms with Crippen molar-refractivity contribution in [2.75, 3.05) is 20.3 Å². The van der Waals surface area contributed by atoms with E-state index < -0.39 is 11.8 Å². The lowest BCUT2D eigenvalue weighted by atomic mass is 9.91. The molecule has 3 aromatic carbocycles. The second-order valence-corrected chi connectivity index (χ2v) is 9.68. The number of hydrogen-bond acceptors (Lipinski definition) is 6. The molecule has 0 saturated heterocycles. The van der Waals surface area contributed by atoms with Crippen molar-refractivity contribution < 1.29 is 28.2 Å². The number of fused-ring (bicyclic) bond motifs is 1. The van der Waals surface area contributed by atoms with Crippen LogP contribution in [0.25, 0.3) is 11.1 Å². The van der Waals surface area contributed by atoms with Gasteiger partial charge in [0.05, 0.1) is 19.3 Å². The number of benzene rings is 3. The van der Waals surface area contributed by atoms with Crippen molar-refractivity contribution in [3.05, 3.63) is 77.1 Å². The molecule has 194 valence electrons. The van der Waals surface area contributed by atoms with E-state index in [-0.39, 0.29) is 11.8 Å². The Bertz CT molecular complexity index is 1290. The van der Waals surface area contributed by atoms with E-state index in [4.69, 9.17) is 14.2 Å². The molecule has 0 amide bonds. The van der Waals surface area contributed by atoms with Crippen LogP contribution in [0, 0.1) is 11.7 Å². The lowest BCUT2D eigenvalue weighted by Crippen LogP contribution is -2.31. The van der Waals surface area contributed by atoms with Gasteiger partial charge in [0, 0.05) is 24.1 Å². The summed E-state index contributed by atoms with van der Waals surface area (Å²) in [5, 5.41) is 3.41. The smallest absolute Gasteiger partial charge is 0.337 e. The van der Waals surface area contributed by atoms with Gasteiger partial charge in [-0.25, -0.2) is 9.18 Å². The summed E-state index contributed by atoms with van der Waals surface area (Å²) in [7, 11) is 1.32. The van der Waals surface area contributed by atoms with Gasteiger partial charge in [0.25, 0.3) is 0 Å². The molecule has 6 nitrogen and oxygen atoms in total. The molecule has 1 N–H and O–H groups in total. The molecule has 1 atom stereocenters. The molecule has 1 aliphatic heterocycles. The van der Waals surface area contributed by atoms with Crippen LogP contribution >= 0.6 is 0 Å². The van der Waals surface area contributed by atoms with Gasteiger partial charge >= 0.3 is 5.97 Å². The monoisotopic (exact) mass is 505 g/mol. The molecular formula is C30H32FNO5. The number of carbonyl (C=O) groups excluding carboxylic acids is 2. The molecule has 0 fully saturated rings. The van der Waals surface area contributed by atoms with Crippen LogP contribution < -0.4 is 14.8 Å². The van der Waals surface area contributed by atoms with Crippen LogP contribution in [0.4, 0.5) is 4.39 Å². The number of carbonyl (C=O) groups is 2. The van der Waals surface area contributed by atoms with Gasteiger partial charge in [-0.05, 0) is 78.9 Å². The van der Waals surface area contributed by atoms with Crippen LogP contribution in [-0.4, -0.2) is 32.0 Å². The highest BCUT2D eigenvalue weighted by Crippen LogP contribution is 2.39. The lowest BCUT2D eigenvalue weighted by molar-refractivity contribution is -0.117. The summed E-state index contributed by atoms with van der Waals surface area (Å²) < 4.78 is 32.1. The van der Waals surface area contributed by atoms with Crippen molar-refractivity contribution in [3.8, 4) is 28.4 Å². The molecule has 1 aliphatic rings. The molecule has 0 bridgehead atoms. The van der Waals surface area contributed by atoms with Gasteiger partial charge < -0.3 is 19.5 Å². The first-order chi connectivity index (χ1) is 17.7. The van der Waals surface area contributed by atoms with Crippen LogP contribution in [0.1, 0.15) is 54.7 Å². The fraction of sp³-hybridized carbons (Fsp3) is 0.333. The van der Waals surface area contributed by atoms with E-state index in [0.29, 0.717) is 52.9 Å². The Morgan fingerprint density at radius 3 is 2.46 bits per heavy atom. The third-order valence-corrected chi connectivity index (χ3v) is 6.22. The molecule has 0 aromatic heterocycles. The van der Waals surface area contributed by atoms with Crippen molar-refractivity contribution in [1.29, 1.82) is 0 Å². The summed E-state index contributed by atoms with van der Waals surface area (Å²) in [4.78, 5) is 23.5. The van der Waals surface area contributed by atoms with Crippen molar-refractivity contribution >= 4 is 11.8 Å². The Kier molecular flexibility index (Phi) is 8.24. The van der Waals surface area contributed by atoms with Crippen LogP contribution in [0.2, 0.25) is 0 Å². The van der Waals surface area contributed by atoms with Gasteiger partial charge in [0.1, 0.15) is 17.3 Å². The second-order valence-electron chi connectivity index (χ2n) is 9.68. The van der Waals surface area contributed by atoms with E-state index >= 15 is 4.39 Å². The Balaban J connectivity index is 1.64. The van der Waals surface area contributed by atoms with Crippen molar-refractivity contribution in [1.82, 2.24) is 5.32 Å². The predicted octanol–water partition coefficient (Wildman–Crippen LogP) is 6.27. The third kappa shape index (κ3) is 6.35. The van der Waals surface area contributed by atoms with Crippen molar-refractivity contribution in [3.63, 3.8) is 0 Å². The maximum absolute atomic E-state index is 15.1. The molecule has 0 aliphatic carbocycles. The number of ketones is 1. The van der Waals surface area contributed by atoms with E-state index in [0.717, 1.165) is 24.1 Å². The van der Waals surface area contributed by atoms with Gasteiger partial charge in [-0.2, -0.15) is 0 Å². The summed E-state index contributed by atoms with van der Waals surface area (Å²) in [5.74, 6) is 0.918. The number of Topliss-reactive ketones (excluding diaryl/α,β-unsaturated/α-hetero) is 1. The molecule has 7 heteroatoms. The maximum Gasteiger partial charge on any atom is 0.337 e. The van der Waals surface area contributed by atoms with Gasteiger partial charge in [0.2, 0.25) is 0 Å². The largest absolute Gasteiger partial charge is 0.489 e. The second kappa shape index (κ2) is 11.6. The maximum atomic E-state index is 15.1. The Labute approximate surface area is 216 Å². The number of methoxy groups -OCH3 is 1. The Morgan fingerprint density at radius 2 is 1.81 bits per heavy atom. The van der Waals surface area contributed by atoms with E-state index in [2.05, 4.69) is 19.2 Å². The molecule has 1 unspecified atom stereocenters. The molecule has 0 radical (unpaired) electrons.